The molecule has 5 heteroatoms. The standard InChI is InChI=1S/C30H46O5/c1-25(2)11-13-30(24(34)35)14-12-27(4)18(19(30)16-25)7-8-21-28(27,5)10-9-20-26(3,17-31)22(32)15-23(33)29(20,21)6/h7,19-22,31-32H,8-17H2,1-6H3,(H,34,35)/t19-,20?,21?,22-,26-,27+,28+,29-,30-/m0/s1. The summed E-state index contributed by atoms with van der Waals surface area (Å²) in [5, 5.41) is 31.7. The van der Waals surface area contributed by atoms with Crippen LogP contribution in [0.4, 0.5) is 0 Å². The van der Waals surface area contributed by atoms with Crippen molar-refractivity contribution in [3.05, 3.63) is 11.6 Å². The van der Waals surface area contributed by atoms with Crippen molar-refractivity contribution in [2.45, 2.75) is 105 Å². The Kier molecular flexibility index (Phi) is 5.40. The minimum absolute atomic E-state index is 0.0526. The number of hydrogen-bond donors (Lipinski definition) is 3. The van der Waals surface area contributed by atoms with Crippen LogP contribution in [0.15, 0.2) is 11.6 Å². The molecule has 4 fully saturated rings. The van der Waals surface area contributed by atoms with Crippen LogP contribution in [0.25, 0.3) is 0 Å². The second kappa shape index (κ2) is 7.43. The van der Waals surface area contributed by atoms with Gasteiger partial charge in [0.25, 0.3) is 0 Å². The zero-order chi connectivity index (χ0) is 25.8. The summed E-state index contributed by atoms with van der Waals surface area (Å²) in [6.07, 6.45) is 8.38. The Bertz CT molecular complexity index is 983. The Morgan fingerprint density at radius 2 is 1.66 bits per heavy atom. The number of carbonyl (C=O) groups is 2. The van der Waals surface area contributed by atoms with Crippen molar-refractivity contribution in [2.75, 3.05) is 6.61 Å². The molecule has 0 aromatic rings. The second-order valence-corrected chi connectivity index (χ2v) is 14.8. The minimum Gasteiger partial charge on any atom is -0.481 e. The van der Waals surface area contributed by atoms with Gasteiger partial charge >= 0.3 is 5.97 Å². The highest BCUT2D eigenvalue weighted by molar-refractivity contribution is 5.87. The fourth-order valence-corrected chi connectivity index (χ4v) is 10.4. The zero-order valence-corrected chi connectivity index (χ0v) is 22.6. The molecular formula is C30H46O5. The van der Waals surface area contributed by atoms with E-state index in [9.17, 15) is 24.9 Å². The lowest BCUT2D eigenvalue weighted by atomic mass is 9.33. The van der Waals surface area contributed by atoms with Crippen LogP contribution in [0.2, 0.25) is 0 Å². The monoisotopic (exact) mass is 486 g/mol. The van der Waals surface area contributed by atoms with Gasteiger partial charge in [0.05, 0.1) is 18.1 Å². The molecule has 5 rings (SSSR count). The maximum absolute atomic E-state index is 13.7. The van der Waals surface area contributed by atoms with Gasteiger partial charge in [-0.3, -0.25) is 9.59 Å². The molecule has 5 aliphatic rings. The van der Waals surface area contributed by atoms with Gasteiger partial charge < -0.3 is 15.3 Å². The van der Waals surface area contributed by atoms with E-state index < -0.39 is 28.3 Å². The minimum atomic E-state index is -0.803. The molecule has 5 nitrogen and oxygen atoms in total. The van der Waals surface area contributed by atoms with Crippen molar-refractivity contribution in [2.24, 2.45) is 50.2 Å². The number of aliphatic hydroxyl groups excluding tert-OH is 2. The van der Waals surface area contributed by atoms with Crippen molar-refractivity contribution in [1.29, 1.82) is 0 Å². The average molecular weight is 487 g/mol. The molecule has 0 radical (unpaired) electrons. The Morgan fingerprint density at radius 3 is 2.29 bits per heavy atom. The van der Waals surface area contributed by atoms with Crippen molar-refractivity contribution >= 4 is 11.8 Å². The van der Waals surface area contributed by atoms with Crippen LogP contribution in [0.3, 0.4) is 0 Å². The zero-order valence-electron chi connectivity index (χ0n) is 22.6. The van der Waals surface area contributed by atoms with Crippen molar-refractivity contribution in [3.8, 4) is 0 Å². The highest BCUT2D eigenvalue weighted by atomic mass is 16.4. The predicted molar refractivity (Wildman–Crippen MR) is 134 cm³/mol. The van der Waals surface area contributed by atoms with E-state index in [1.807, 2.05) is 6.92 Å². The van der Waals surface area contributed by atoms with Crippen LogP contribution < -0.4 is 0 Å². The number of carboxylic acids is 1. The quantitative estimate of drug-likeness (QED) is 0.455. The average Bonchev–Trinajstić information content (AvgIpc) is 2.77. The van der Waals surface area contributed by atoms with E-state index in [0.717, 1.165) is 44.9 Å². The molecule has 0 aromatic carbocycles. The topological polar surface area (TPSA) is 94.8 Å². The van der Waals surface area contributed by atoms with Gasteiger partial charge in [-0.2, -0.15) is 0 Å². The first-order chi connectivity index (χ1) is 16.1. The Morgan fingerprint density at radius 1 is 1.00 bits per heavy atom. The van der Waals surface area contributed by atoms with E-state index in [2.05, 4.69) is 40.7 Å². The van der Waals surface area contributed by atoms with Crippen LogP contribution in [-0.2, 0) is 9.59 Å². The molecule has 0 bridgehead atoms. The van der Waals surface area contributed by atoms with Crippen molar-refractivity contribution in [1.82, 2.24) is 0 Å². The molecule has 0 aromatic heterocycles. The number of carbonyl (C=O) groups excluding carboxylic acids is 1. The Labute approximate surface area is 210 Å². The van der Waals surface area contributed by atoms with E-state index in [-0.39, 0.29) is 52.8 Å². The lowest BCUT2D eigenvalue weighted by Crippen LogP contribution is -2.68. The Hall–Kier alpha value is -1.20. The summed E-state index contributed by atoms with van der Waals surface area (Å²) in [5.74, 6) is -0.353. The molecule has 5 aliphatic carbocycles. The molecule has 4 saturated carbocycles. The van der Waals surface area contributed by atoms with Gasteiger partial charge in [-0.15, -0.1) is 0 Å². The molecule has 0 saturated heterocycles. The van der Waals surface area contributed by atoms with Gasteiger partial charge in [0.15, 0.2) is 0 Å². The van der Waals surface area contributed by atoms with Gasteiger partial charge in [-0.1, -0.05) is 53.2 Å². The molecule has 196 valence electrons. The maximum atomic E-state index is 13.7. The smallest absolute Gasteiger partial charge is 0.310 e. The summed E-state index contributed by atoms with van der Waals surface area (Å²) in [7, 11) is 0. The number of carboxylic acid groups (broad SMARTS) is 1. The van der Waals surface area contributed by atoms with Crippen LogP contribution in [-0.4, -0.2) is 39.8 Å². The fourth-order valence-electron chi connectivity index (χ4n) is 10.4. The number of aliphatic hydroxyl groups is 2. The Balaban J connectivity index is 1.63. The molecule has 3 N–H and O–H groups in total. The number of hydrogen-bond acceptors (Lipinski definition) is 4. The van der Waals surface area contributed by atoms with Crippen LogP contribution >= 0.6 is 0 Å². The summed E-state index contributed by atoms with van der Waals surface area (Å²) < 4.78 is 0. The van der Waals surface area contributed by atoms with E-state index in [1.54, 1.807) is 0 Å². The third kappa shape index (κ3) is 2.94. The van der Waals surface area contributed by atoms with Crippen molar-refractivity contribution in [3.63, 3.8) is 0 Å². The highest BCUT2D eigenvalue weighted by Gasteiger charge is 2.71. The normalized spacial score (nSPS) is 52.9. The molecular weight excluding hydrogens is 440 g/mol. The van der Waals surface area contributed by atoms with Crippen LogP contribution in [0, 0.1) is 50.2 Å². The summed E-state index contributed by atoms with van der Waals surface area (Å²) in [4.78, 5) is 26.5. The third-order valence-corrected chi connectivity index (χ3v) is 13.1. The number of allylic oxidation sites excluding steroid dienone is 2. The van der Waals surface area contributed by atoms with Gasteiger partial charge in [0, 0.05) is 17.3 Å². The lowest BCUT2D eigenvalue weighted by molar-refractivity contribution is -0.211. The van der Waals surface area contributed by atoms with Gasteiger partial charge in [0.2, 0.25) is 0 Å². The van der Waals surface area contributed by atoms with Crippen molar-refractivity contribution < 1.29 is 24.9 Å². The van der Waals surface area contributed by atoms with Gasteiger partial charge in [-0.25, -0.2) is 0 Å². The SMILES string of the molecule is CC1(C)CC[C@]2(C(=O)O)CC[C@]3(C)C(=CCC4[C@@]5(C)C(=O)C[C@H](O)[C@@](C)(CO)C5CC[C@]43C)[C@@H]2C1. The number of aliphatic carboxylic acids is 1. The first-order valence-corrected chi connectivity index (χ1v) is 13.9. The van der Waals surface area contributed by atoms with E-state index in [4.69, 9.17) is 0 Å². The predicted octanol–water partition coefficient (Wildman–Crippen LogP) is 5.39. The molecule has 0 aliphatic heterocycles. The van der Waals surface area contributed by atoms with Gasteiger partial charge in [-0.05, 0) is 85.4 Å². The first-order valence-electron chi connectivity index (χ1n) is 13.9. The lowest BCUT2D eigenvalue weighted by Gasteiger charge is -2.70. The van der Waals surface area contributed by atoms with E-state index in [0.29, 0.717) is 6.42 Å². The number of ketones is 1. The number of fused-ring (bicyclic) bond motifs is 7. The summed E-state index contributed by atoms with van der Waals surface area (Å²) in [5.41, 5.74) is -0.716. The molecule has 9 atom stereocenters. The van der Waals surface area contributed by atoms with Crippen LogP contribution in [0.1, 0.15) is 99.3 Å². The second-order valence-electron chi connectivity index (χ2n) is 14.8. The maximum Gasteiger partial charge on any atom is 0.310 e. The van der Waals surface area contributed by atoms with E-state index >= 15 is 0 Å². The summed E-state index contributed by atoms with van der Waals surface area (Å²) in [6, 6.07) is 0. The molecule has 35 heavy (non-hydrogen) atoms. The third-order valence-electron chi connectivity index (χ3n) is 13.1. The van der Waals surface area contributed by atoms with E-state index in [1.165, 1.54) is 5.57 Å². The summed E-state index contributed by atoms with van der Waals surface area (Å²) >= 11 is 0. The molecule has 0 heterocycles. The first kappa shape index (κ1) is 25.4. The fraction of sp³-hybridized carbons (Fsp3) is 0.867. The molecule has 2 unspecified atom stereocenters. The van der Waals surface area contributed by atoms with Gasteiger partial charge in [0.1, 0.15) is 5.78 Å². The number of Topliss-reactive ketones (excluding diaryl/α,β-unsaturated/α-hetero) is 1. The largest absolute Gasteiger partial charge is 0.481 e. The van der Waals surface area contributed by atoms with Crippen LogP contribution in [0.5, 0.6) is 0 Å². The molecule has 0 spiro atoms. The molecule has 0 amide bonds. The highest BCUT2D eigenvalue weighted by Crippen LogP contribution is 2.75. The number of rotatable bonds is 2. The summed E-state index contributed by atoms with van der Waals surface area (Å²) in [6.45, 7) is 13.3.